The summed E-state index contributed by atoms with van der Waals surface area (Å²) < 4.78 is 48.7. The lowest BCUT2D eigenvalue weighted by Gasteiger charge is -2.33. The molecule has 2 aromatic rings. The van der Waals surface area contributed by atoms with E-state index in [0.29, 0.717) is 24.1 Å². The van der Waals surface area contributed by atoms with Gasteiger partial charge in [0, 0.05) is 40.6 Å². The number of nitrogens with zero attached hydrogens (tertiary/aromatic N) is 4. The Bertz CT molecular complexity index is 1010. The second kappa shape index (κ2) is 8.33. The summed E-state index contributed by atoms with van der Waals surface area (Å²) in [6.45, 7) is 0.460. The molecule has 5 rings (SSSR count). The predicted octanol–water partition coefficient (Wildman–Crippen LogP) is 6.07. The lowest BCUT2D eigenvalue weighted by atomic mass is 9.81. The van der Waals surface area contributed by atoms with Crippen LogP contribution in [0.2, 0.25) is 0 Å². The highest BCUT2D eigenvalue weighted by molar-refractivity contribution is 5.70. The van der Waals surface area contributed by atoms with Crippen LogP contribution >= 0.6 is 0 Å². The molecule has 4 atom stereocenters. The first-order valence-corrected chi connectivity index (χ1v) is 11.0. The molecule has 32 heavy (non-hydrogen) atoms. The van der Waals surface area contributed by atoms with Gasteiger partial charge in [-0.2, -0.15) is 0 Å². The molecule has 3 aliphatic carbocycles. The van der Waals surface area contributed by atoms with Crippen LogP contribution in [0, 0.1) is 11.8 Å². The van der Waals surface area contributed by atoms with Crippen molar-refractivity contribution < 1.29 is 22.4 Å². The Hall–Kier alpha value is -2.71. The molecule has 1 heterocycles. The Morgan fingerprint density at radius 3 is 2.53 bits per heavy atom. The van der Waals surface area contributed by atoms with Crippen molar-refractivity contribution in [3.8, 4) is 17.0 Å². The number of aromatic nitrogens is 1. The van der Waals surface area contributed by atoms with Gasteiger partial charge in [0.1, 0.15) is 17.2 Å². The van der Waals surface area contributed by atoms with Gasteiger partial charge in [-0.15, -0.1) is 13.2 Å². The lowest BCUT2D eigenvalue weighted by Crippen LogP contribution is -2.40. The third kappa shape index (κ3) is 4.29. The summed E-state index contributed by atoms with van der Waals surface area (Å²) in [6, 6.07) is 6.37. The summed E-state index contributed by atoms with van der Waals surface area (Å²) in [5.41, 5.74) is 10.3. The average molecular weight is 447 g/mol. The fourth-order valence-corrected chi connectivity index (χ4v) is 5.40. The van der Waals surface area contributed by atoms with Gasteiger partial charge in [0.05, 0.1) is 0 Å². The number of hydrogen-bond acceptors (Lipinski definition) is 5. The van der Waals surface area contributed by atoms with E-state index in [0.717, 1.165) is 49.8 Å². The molecule has 3 aliphatic rings. The molecular weight excluding hydrogens is 423 g/mol. The molecule has 0 saturated heterocycles. The van der Waals surface area contributed by atoms with Gasteiger partial charge in [0.15, 0.2) is 0 Å². The zero-order chi connectivity index (χ0) is 22.3. The van der Waals surface area contributed by atoms with Gasteiger partial charge < -0.3 is 14.6 Å². The Balaban J connectivity index is 1.38. The van der Waals surface area contributed by atoms with Gasteiger partial charge in [0.25, 0.3) is 0 Å². The maximum absolute atomic E-state index is 12.9. The molecular formula is C22H24F3N5O2. The highest BCUT2D eigenvalue weighted by Crippen LogP contribution is 2.47. The van der Waals surface area contributed by atoms with Crippen LogP contribution in [0.4, 0.5) is 13.2 Å². The number of nitrogens with one attached hydrogen (secondary N) is 1. The molecule has 0 unspecified atom stereocenters. The third-order valence-corrected chi connectivity index (χ3v) is 6.94. The van der Waals surface area contributed by atoms with Crippen molar-refractivity contribution in [3.05, 3.63) is 46.0 Å². The van der Waals surface area contributed by atoms with Gasteiger partial charge >= 0.3 is 6.36 Å². The van der Waals surface area contributed by atoms with Crippen molar-refractivity contribution in [2.24, 2.45) is 17.0 Å². The minimum atomic E-state index is -4.79. The summed E-state index contributed by atoms with van der Waals surface area (Å²) >= 11 is 0. The maximum atomic E-state index is 12.9. The second-order valence-corrected chi connectivity index (χ2v) is 9.03. The molecule has 1 N–H and O–H groups in total. The molecule has 1 aromatic carbocycles. The molecule has 0 spiro atoms. The first kappa shape index (κ1) is 21.2. The van der Waals surface area contributed by atoms with Crippen LogP contribution in [0.15, 0.2) is 33.9 Å². The second-order valence-electron chi connectivity index (χ2n) is 9.03. The van der Waals surface area contributed by atoms with Crippen molar-refractivity contribution in [1.29, 1.82) is 0 Å². The van der Waals surface area contributed by atoms with E-state index in [4.69, 9.17) is 10.1 Å². The fourth-order valence-electron chi connectivity index (χ4n) is 5.40. The lowest BCUT2D eigenvalue weighted by molar-refractivity contribution is -0.274. The predicted molar refractivity (Wildman–Crippen MR) is 110 cm³/mol. The van der Waals surface area contributed by atoms with E-state index < -0.39 is 6.36 Å². The van der Waals surface area contributed by atoms with Crippen molar-refractivity contribution in [2.75, 3.05) is 0 Å². The number of azide groups is 1. The Morgan fingerprint density at radius 2 is 1.88 bits per heavy atom. The zero-order valence-electron chi connectivity index (χ0n) is 17.4. The fraction of sp³-hybridized carbons (Fsp3) is 0.591. The van der Waals surface area contributed by atoms with Gasteiger partial charge in [-0.05, 0) is 68.0 Å². The standard InChI is InChI=1S/C22H24F3N5O2/c23-22(24,25)31-18-4-2-1-3-16(18)20-17(21(32-29-20)12-5-6-12)11-27-15-9-13-7-8-14(10-15)19(13)28-30-26/h1-4,12-15,19,27H,5-11H2/t13-,14+,15-,19+. The van der Waals surface area contributed by atoms with Crippen molar-refractivity contribution in [2.45, 2.75) is 69.4 Å². The van der Waals surface area contributed by atoms with Gasteiger partial charge in [-0.1, -0.05) is 22.4 Å². The molecule has 0 amide bonds. The van der Waals surface area contributed by atoms with E-state index in [2.05, 4.69) is 25.2 Å². The van der Waals surface area contributed by atoms with Crippen molar-refractivity contribution in [1.82, 2.24) is 10.5 Å². The van der Waals surface area contributed by atoms with Gasteiger partial charge in [-0.3, -0.25) is 0 Å². The molecule has 1 aromatic heterocycles. The Morgan fingerprint density at radius 1 is 1.16 bits per heavy atom. The zero-order valence-corrected chi connectivity index (χ0v) is 17.4. The molecule has 2 bridgehead atoms. The smallest absolute Gasteiger partial charge is 0.405 e. The van der Waals surface area contributed by atoms with E-state index in [-0.39, 0.29) is 29.3 Å². The van der Waals surface area contributed by atoms with Crippen LogP contribution in [-0.4, -0.2) is 23.6 Å². The minimum Gasteiger partial charge on any atom is -0.405 e. The van der Waals surface area contributed by atoms with Gasteiger partial charge in [-0.25, -0.2) is 0 Å². The number of hydrogen-bond donors (Lipinski definition) is 1. The topological polar surface area (TPSA) is 96.1 Å². The highest BCUT2D eigenvalue weighted by Gasteiger charge is 2.42. The van der Waals surface area contributed by atoms with Crippen LogP contribution in [0.3, 0.4) is 0 Å². The van der Waals surface area contributed by atoms with E-state index >= 15 is 0 Å². The first-order chi connectivity index (χ1) is 15.4. The van der Waals surface area contributed by atoms with Crippen molar-refractivity contribution >= 4 is 0 Å². The van der Waals surface area contributed by atoms with Crippen LogP contribution < -0.4 is 10.1 Å². The number of fused-ring (bicyclic) bond motifs is 2. The monoisotopic (exact) mass is 447 g/mol. The maximum Gasteiger partial charge on any atom is 0.573 e. The molecule has 10 heteroatoms. The van der Waals surface area contributed by atoms with Crippen LogP contribution in [0.5, 0.6) is 5.75 Å². The molecule has 3 saturated carbocycles. The minimum absolute atomic E-state index is 0.0811. The van der Waals surface area contributed by atoms with Crippen LogP contribution in [0.25, 0.3) is 21.7 Å². The summed E-state index contributed by atoms with van der Waals surface area (Å²) in [7, 11) is 0. The summed E-state index contributed by atoms with van der Waals surface area (Å²) in [5.74, 6) is 1.49. The van der Waals surface area contributed by atoms with Gasteiger partial charge in [0.2, 0.25) is 0 Å². The van der Waals surface area contributed by atoms with Crippen LogP contribution in [0.1, 0.15) is 55.8 Å². The molecule has 7 nitrogen and oxygen atoms in total. The highest BCUT2D eigenvalue weighted by atomic mass is 19.4. The number of ether oxygens (including phenoxy) is 1. The van der Waals surface area contributed by atoms with Crippen molar-refractivity contribution in [3.63, 3.8) is 0 Å². The molecule has 170 valence electrons. The average Bonchev–Trinajstić information content (AvgIpc) is 3.46. The quantitative estimate of drug-likeness (QED) is 0.316. The van der Waals surface area contributed by atoms with E-state index in [1.165, 1.54) is 12.1 Å². The number of para-hydroxylation sites is 1. The Kier molecular flexibility index (Phi) is 5.51. The molecule has 3 fully saturated rings. The molecule has 0 aliphatic heterocycles. The third-order valence-electron chi connectivity index (χ3n) is 6.94. The van der Waals surface area contributed by atoms with E-state index in [1.807, 2.05) is 0 Å². The summed E-state index contributed by atoms with van der Waals surface area (Å²) in [5, 5.41) is 11.8. The number of halogens is 3. The largest absolute Gasteiger partial charge is 0.573 e. The number of alkyl halides is 3. The SMILES string of the molecule is [N-]=[N+]=N[C@H]1[C@@H]2CC[C@H]1C[C@H](NCc1c(-c3ccccc3OC(F)(F)F)noc1C1CC1)C2. The van der Waals surface area contributed by atoms with Crippen LogP contribution in [-0.2, 0) is 6.54 Å². The van der Waals surface area contributed by atoms with E-state index in [9.17, 15) is 13.2 Å². The first-order valence-electron chi connectivity index (χ1n) is 11.0. The van der Waals surface area contributed by atoms with E-state index in [1.54, 1.807) is 12.1 Å². The molecule has 0 radical (unpaired) electrons. The summed E-state index contributed by atoms with van der Waals surface area (Å²) in [6.07, 6.45) is 1.18. The normalized spacial score (nSPS) is 27.2. The Labute approximate surface area is 182 Å². The number of rotatable bonds is 7. The number of benzene rings is 1. The summed E-state index contributed by atoms with van der Waals surface area (Å²) in [4.78, 5) is 3.02.